The van der Waals surface area contributed by atoms with Gasteiger partial charge in [0.15, 0.2) is 0 Å². The van der Waals surface area contributed by atoms with Gasteiger partial charge in [-0.15, -0.1) is 0 Å². The Bertz CT molecular complexity index is 463. The van der Waals surface area contributed by atoms with E-state index < -0.39 is 11.7 Å². The maximum Gasteiger partial charge on any atom is 0.251 e. The van der Waals surface area contributed by atoms with Gasteiger partial charge in [0.05, 0.1) is 5.56 Å². The van der Waals surface area contributed by atoms with Crippen LogP contribution < -0.4 is 16.8 Å². The zero-order valence-electron chi connectivity index (χ0n) is 10.1. The maximum atomic E-state index is 13.2. The van der Waals surface area contributed by atoms with Crippen LogP contribution in [0.15, 0.2) is 18.2 Å². The van der Waals surface area contributed by atoms with Crippen molar-refractivity contribution in [2.75, 3.05) is 11.9 Å². The molecular weight excluding hydrogens is 237 g/mol. The van der Waals surface area contributed by atoms with Crippen LogP contribution in [-0.2, 0) is 4.79 Å². The molecule has 0 bridgehead atoms. The number of nitrogens with two attached hydrogens (primary N) is 2. The lowest BCUT2D eigenvalue weighted by Gasteiger charge is -2.11. The van der Waals surface area contributed by atoms with Crippen LogP contribution in [0.1, 0.15) is 23.7 Å². The summed E-state index contributed by atoms with van der Waals surface area (Å²) in [7, 11) is 0. The molecule has 18 heavy (non-hydrogen) atoms. The molecule has 1 aromatic rings. The molecule has 0 aliphatic rings. The molecule has 1 atom stereocenters. The van der Waals surface area contributed by atoms with E-state index >= 15 is 0 Å². The summed E-state index contributed by atoms with van der Waals surface area (Å²) in [6.45, 7) is 2.14. The number of halogens is 1. The predicted octanol–water partition coefficient (Wildman–Crippen LogP) is 0.848. The molecule has 0 radical (unpaired) electrons. The van der Waals surface area contributed by atoms with Gasteiger partial charge in [0.2, 0.25) is 5.91 Å². The van der Waals surface area contributed by atoms with Crippen molar-refractivity contribution in [3.8, 4) is 0 Å². The molecule has 0 aromatic heterocycles. The molecule has 2 amide bonds. The number of hydrogen-bond donors (Lipinski definition) is 3. The molecule has 5 N–H and O–H groups in total. The lowest BCUT2D eigenvalue weighted by Crippen LogP contribution is -2.23. The Hall–Kier alpha value is -1.95. The van der Waals surface area contributed by atoms with E-state index in [2.05, 4.69) is 5.32 Å². The molecule has 0 saturated carbocycles. The Labute approximate surface area is 104 Å². The Balaban J connectivity index is 2.82. The standard InChI is InChI=1S/C12H16FN3O2/c1-7(4-5-14)12(18)16-8-2-3-10(13)9(6-8)11(15)17/h2-3,6-7H,4-5,14H2,1H3,(H2,15,17)(H,16,18). The van der Waals surface area contributed by atoms with E-state index in [4.69, 9.17) is 11.5 Å². The largest absolute Gasteiger partial charge is 0.366 e. The molecule has 0 heterocycles. The summed E-state index contributed by atoms with van der Waals surface area (Å²) in [5.74, 6) is -2.08. The zero-order chi connectivity index (χ0) is 13.7. The first kappa shape index (κ1) is 14.1. The minimum Gasteiger partial charge on any atom is -0.366 e. The Morgan fingerprint density at radius 1 is 1.44 bits per heavy atom. The molecule has 5 nitrogen and oxygen atoms in total. The molecule has 0 fully saturated rings. The number of carbonyl (C=O) groups excluding carboxylic acids is 2. The summed E-state index contributed by atoms with van der Waals surface area (Å²) >= 11 is 0. The summed E-state index contributed by atoms with van der Waals surface area (Å²) in [5, 5.41) is 2.58. The predicted molar refractivity (Wildman–Crippen MR) is 66.4 cm³/mol. The molecule has 0 aliphatic heterocycles. The number of benzene rings is 1. The summed E-state index contributed by atoms with van der Waals surface area (Å²) < 4.78 is 13.2. The van der Waals surface area contributed by atoms with Gasteiger partial charge in [-0.1, -0.05) is 6.92 Å². The summed E-state index contributed by atoms with van der Waals surface area (Å²) in [4.78, 5) is 22.6. The van der Waals surface area contributed by atoms with Crippen LogP contribution >= 0.6 is 0 Å². The highest BCUT2D eigenvalue weighted by Gasteiger charge is 2.14. The first-order valence-electron chi connectivity index (χ1n) is 5.56. The number of amides is 2. The average molecular weight is 253 g/mol. The highest BCUT2D eigenvalue weighted by atomic mass is 19.1. The van der Waals surface area contributed by atoms with Crippen LogP contribution in [0, 0.1) is 11.7 Å². The lowest BCUT2D eigenvalue weighted by atomic mass is 10.1. The molecule has 1 aromatic carbocycles. The molecule has 0 saturated heterocycles. The van der Waals surface area contributed by atoms with E-state index in [0.717, 1.165) is 6.07 Å². The maximum absolute atomic E-state index is 13.2. The Kier molecular flexibility index (Phi) is 4.79. The Morgan fingerprint density at radius 2 is 2.11 bits per heavy atom. The van der Waals surface area contributed by atoms with Crippen LogP contribution in [0.3, 0.4) is 0 Å². The number of hydrogen-bond acceptors (Lipinski definition) is 3. The molecule has 1 rings (SSSR count). The molecular formula is C12H16FN3O2. The summed E-state index contributed by atoms with van der Waals surface area (Å²) in [6, 6.07) is 3.67. The van der Waals surface area contributed by atoms with Crippen molar-refractivity contribution in [3.63, 3.8) is 0 Å². The normalized spacial score (nSPS) is 11.9. The van der Waals surface area contributed by atoms with Crippen molar-refractivity contribution in [3.05, 3.63) is 29.6 Å². The second-order valence-electron chi connectivity index (χ2n) is 4.03. The van der Waals surface area contributed by atoms with Gasteiger partial charge < -0.3 is 16.8 Å². The van der Waals surface area contributed by atoms with E-state index in [0.29, 0.717) is 18.7 Å². The van der Waals surface area contributed by atoms with Crippen molar-refractivity contribution in [2.24, 2.45) is 17.4 Å². The molecule has 6 heteroatoms. The van der Waals surface area contributed by atoms with Crippen LogP contribution in [0.2, 0.25) is 0 Å². The number of primary amides is 1. The van der Waals surface area contributed by atoms with E-state index in [-0.39, 0.29) is 17.4 Å². The van der Waals surface area contributed by atoms with Gasteiger partial charge in [-0.3, -0.25) is 9.59 Å². The van der Waals surface area contributed by atoms with Gasteiger partial charge in [0.25, 0.3) is 5.91 Å². The van der Waals surface area contributed by atoms with E-state index in [1.807, 2.05) is 0 Å². The van der Waals surface area contributed by atoms with Crippen LogP contribution in [-0.4, -0.2) is 18.4 Å². The van der Waals surface area contributed by atoms with Crippen molar-refractivity contribution in [1.82, 2.24) is 0 Å². The fourth-order valence-corrected chi connectivity index (χ4v) is 1.44. The molecule has 1 unspecified atom stereocenters. The highest BCUT2D eigenvalue weighted by Crippen LogP contribution is 2.15. The number of anilines is 1. The lowest BCUT2D eigenvalue weighted by molar-refractivity contribution is -0.119. The smallest absolute Gasteiger partial charge is 0.251 e. The van der Waals surface area contributed by atoms with Gasteiger partial charge in [-0.05, 0) is 31.2 Å². The summed E-state index contributed by atoms with van der Waals surface area (Å²) in [6.07, 6.45) is 0.551. The third-order valence-corrected chi connectivity index (χ3v) is 2.55. The Morgan fingerprint density at radius 3 is 2.67 bits per heavy atom. The van der Waals surface area contributed by atoms with Crippen LogP contribution in [0.5, 0.6) is 0 Å². The van der Waals surface area contributed by atoms with Gasteiger partial charge in [0.1, 0.15) is 5.82 Å². The SMILES string of the molecule is CC(CCN)C(=O)Nc1ccc(F)c(C(N)=O)c1. The topological polar surface area (TPSA) is 98.2 Å². The first-order valence-corrected chi connectivity index (χ1v) is 5.56. The van der Waals surface area contributed by atoms with Crippen molar-refractivity contribution in [1.29, 1.82) is 0 Å². The minimum absolute atomic E-state index is 0.234. The molecule has 0 spiro atoms. The third-order valence-electron chi connectivity index (χ3n) is 2.55. The zero-order valence-corrected chi connectivity index (χ0v) is 10.1. The van der Waals surface area contributed by atoms with Gasteiger partial charge in [0, 0.05) is 11.6 Å². The van der Waals surface area contributed by atoms with Crippen molar-refractivity contribution >= 4 is 17.5 Å². The van der Waals surface area contributed by atoms with Gasteiger partial charge in [-0.25, -0.2) is 4.39 Å². The first-order chi connectivity index (χ1) is 8.45. The van der Waals surface area contributed by atoms with Gasteiger partial charge in [-0.2, -0.15) is 0 Å². The molecule has 98 valence electrons. The number of carbonyl (C=O) groups is 2. The van der Waals surface area contributed by atoms with Crippen molar-refractivity contribution in [2.45, 2.75) is 13.3 Å². The fraction of sp³-hybridized carbons (Fsp3) is 0.333. The minimum atomic E-state index is -0.876. The molecule has 0 aliphatic carbocycles. The van der Waals surface area contributed by atoms with Crippen molar-refractivity contribution < 1.29 is 14.0 Å². The number of rotatable bonds is 5. The average Bonchev–Trinajstić information content (AvgIpc) is 2.31. The highest BCUT2D eigenvalue weighted by molar-refractivity contribution is 5.97. The van der Waals surface area contributed by atoms with E-state index in [1.165, 1.54) is 12.1 Å². The monoisotopic (exact) mass is 253 g/mol. The third kappa shape index (κ3) is 3.53. The van der Waals surface area contributed by atoms with E-state index in [1.54, 1.807) is 6.92 Å². The van der Waals surface area contributed by atoms with Gasteiger partial charge >= 0.3 is 0 Å². The second-order valence-corrected chi connectivity index (χ2v) is 4.03. The van der Waals surface area contributed by atoms with Crippen LogP contribution in [0.4, 0.5) is 10.1 Å². The van der Waals surface area contributed by atoms with Crippen LogP contribution in [0.25, 0.3) is 0 Å². The quantitative estimate of drug-likeness (QED) is 0.725. The second kappa shape index (κ2) is 6.11. The number of nitrogens with one attached hydrogen (secondary N) is 1. The van der Waals surface area contributed by atoms with E-state index in [9.17, 15) is 14.0 Å². The fourth-order valence-electron chi connectivity index (χ4n) is 1.44. The summed E-state index contributed by atoms with van der Waals surface area (Å²) in [5.41, 5.74) is 10.4.